The molecule has 0 bridgehead atoms. The lowest BCUT2D eigenvalue weighted by atomic mass is 9.49. The molecule has 2 saturated heterocycles. The number of hydrogen-bond donors (Lipinski definition) is 3. The maximum absolute atomic E-state index is 15.3. The number of hydrazine groups is 1. The van der Waals surface area contributed by atoms with Crippen molar-refractivity contribution in [2.45, 2.75) is 30.6 Å². The van der Waals surface area contributed by atoms with Gasteiger partial charge in [0, 0.05) is 16.5 Å². The number of amides is 6. The number of hydrogen-bond acceptors (Lipinski definition) is 8. The Labute approximate surface area is 297 Å². The van der Waals surface area contributed by atoms with Gasteiger partial charge in [-0.2, -0.15) is 9.91 Å². The fraction of sp³-hybridized carbons (Fsp3) is 0.270. The van der Waals surface area contributed by atoms with Crippen LogP contribution in [0.2, 0.25) is 10.0 Å². The maximum Gasteiger partial charge on any atom is 0.328 e. The third kappa shape index (κ3) is 4.74. The van der Waals surface area contributed by atoms with Gasteiger partial charge in [0.25, 0.3) is 11.8 Å². The number of likely N-dealkylation sites (tertiary alicyclic amines) is 1. The second kappa shape index (κ2) is 12.3. The van der Waals surface area contributed by atoms with Gasteiger partial charge >= 0.3 is 6.03 Å². The molecule has 3 aromatic rings. The molecule has 0 spiro atoms. The second-order valence-electron chi connectivity index (χ2n) is 12.9. The van der Waals surface area contributed by atoms with E-state index in [4.69, 9.17) is 33.7 Å². The van der Waals surface area contributed by atoms with Crippen LogP contribution in [0.5, 0.6) is 11.5 Å². The first kappa shape index (κ1) is 33.4. The number of benzene rings is 3. The monoisotopic (exact) mass is 714 g/mol. The Morgan fingerprint density at radius 1 is 1.06 bits per heavy atom. The van der Waals surface area contributed by atoms with E-state index in [2.05, 4.69) is 12.0 Å². The number of fused-ring (bicyclic) bond motifs is 4. The van der Waals surface area contributed by atoms with Crippen LogP contribution in [0.3, 0.4) is 0 Å². The molecule has 50 heavy (non-hydrogen) atoms. The standard InChI is InChI=1S/C37H32Cl2N4O7/c1-3-5-18-6-4-7-24(31(18)44)30-22-13-14-23-29(34(47)42(32(23)45)36(40)49)25(22)17-26-33(46)43(41-28-15-10-20(38)16-27(28)39)35(48)37(26,30)19-8-11-21(50-2)12-9-19/h3-4,6-13,15-16,23,25-26,29-30,41,44H,1,5,14,17H2,2H3,(H2,40,49)/t23-,25+,26-,29-,30+,37+/m0/s1. The van der Waals surface area contributed by atoms with E-state index in [1.165, 1.54) is 13.2 Å². The van der Waals surface area contributed by atoms with Gasteiger partial charge in [0.15, 0.2) is 0 Å². The number of anilines is 1. The van der Waals surface area contributed by atoms with Crippen molar-refractivity contribution in [3.05, 3.63) is 112 Å². The van der Waals surface area contributed by atoms with Crippen LogP contribution < -0.4 is 15.9 Å². The molecule has 0 radical (unpaired) electrons. The lowest BCUT2D eigenvalue weighted by Crippen LogP contribution is -2.53. The summed E-state index contributed by atoms with van der Waals surface area (Å²) in [5, 5.41) is 13.4. The summed E-state index contributed by atoms with van der Waals surface area (Å²) >= 11 is 12.6. The number of aromatic hydroxyl groups is 1. The number of ether oxygens (including phenoxy) is 1. The number of nitrogens with one attached hydrogen (secondary N) is 1. The lowest BCUT2D eigenvalue weighted by molar-refractivity contribution is -0.139. The predicted molar refractivity (Wildman–Crippen MR) is 184 cm³/mol. The van der Waals surface area contributed by atoms with Crippen LogP contribution in [-0.2, 0) is 31.0 Å². The number of primary amides is 1. The molecule has 2 heterocycles. The number of imide groups is 4. The van der Waals surface area contributed by atoms with Gasteiger partial charge in [-0.15, -0.1) is 6.58 Å². The van der Waals surface area contributed by atoms with Crippen LogP contribution in [0.1, 0.15) is 35.4 Å². The number of urea groups is 1. The number of allylic oxidation sites excluding steroid dienone is 3. The average molecular weight is 716 g/mol. The highest BCUT2D eigenvalue weighted by atomic mass is 35.5. The van der Waals surface area contributed by atoms with Gasteiger partial charge in [-0.05, 0) is 66.6 Å². The Kier molecular flexibility index (Phi) is 8.23. The van der Waals surface area contributed by atoms with Gasteiger partial charge in [-0.1, -0.05) is 71.3 Å². The number of carbonyl (C=O) groups is 5. The van der Waals surface area contributed by atoms with Gasteiger partial charge in [0.1, 0.15) is 11.5 Å². The molecule has 0 aromatic heterocycles. The minimum Gasteiger partial charge on any atom is -0.507 e. The number of halogens is 2. The summed E-state index contributed by atoms with van der Waals surface area (Å²) in [6.07, 6.45) is 3.83. The normalized spacial score (nSPS) is 27.0. The highest BCUT2D eigenvalue weighted by molar-refractivity contribution is 6.36. The first-order valence-electron chi connectivity index (χ1n) is 16.0. The summed E-state index contributed by atoms with van der Waals surface area (Å²) in [4.78, 5) is 70.0. The number of carbonyl (C=O) groups excluding carboxylic acids is 5. The van der Waals surface area contributed by atoms with Crippen LogP contribution in [0.15, 0.2) is 85.0 Å². The molecule has 1 saturated carbocycles. The maximum atomic E-state index is 15.3. The van der Waals surface area contributed by atoms with E-state index in [-0.39, 0.29) is 29.3 Å². The number of nitrogens with two attached hydrogens (primary N) is 1. The van der Waals surface area contributed by atoms with Crippen molar-refractivity contribution >= 4 is 58.5 Å². The highest BCUT2D eigenvalue weighted by Gasteiger charge is 2.71. The molecule has 13 heteroatoms. The lowest BCUT2D eigenvalue weighted by Gasteiger charge is -2.50. The number of para-hydroxylation sites is 1. The van der Waals surface area contributed by atoms with Crippen molar-refractivity contribution < 1.29 is 33.8 Å². The fourth-order valence-corrected chi connectivity index (χ4v) is 9.02. The third-order valence-corrected chi connectivity index (χ3v) is 11.2. The zero-order valence-electron chi connectivity index (χ0n) is 26.8. The fourth-order valence-electron chi connectivity index (χ4n) is 8.57. The minimum absolute atomic E-state index is 0.0225. The van der Waals surface area contributed by atoms with Crippen LogP contribution in [0.25, 0.3) is 0 Å². The molecule has 0 unspecified atom stereocenters. The summed E-state index contributed by atoms with van der Waals surface area (Å²) in [5.41, 5.74) is 8.98. The van der Waals surface area contributed by atoms with Gasteiger partial charge in [0.2, 0.25) is 11.8 Å². The molecule has 3 aromatic carbocycles. The van der Waals surface area contributed by atoms with Crippen molar-refractivity contribution in [3.8, 4) is 11.5 Å². The molecule has 2 aliphatic heterocycles. The van der Waals surface area contributed by atoms with Gasteiger partial charge in [-0.25, -0.2) is 4.79 Å². The number of methoxy groups -OCH3 is 1. The largest absolute Gasteiger partial charge is 0.507 e. The minimum atomic E-state index is -1.66. The molecule has 3 fully saturated rings. The van der Waals surface area contributed by atoms with Crippen LogP contribution in [0.4, 0.5) is 10.5 Å². The number of phenolic OH excluding ortho intramolecular Hbond substituents is 1. The summed E-state index contributed by atoms with van der Waals surface area (Å²) in [6, 6.07) is 15.4. The quantitative estimate of drug-likeness (QED) is 0.214. The van der Waals surface area contributed by atoms with Crippen LogP contribution in [0, 0.1) is 23.7 Å². The highest BCUT2D eigenvalue weighted by Crippen LogP contribution is 2.65. The SMILES string of the molecule is C=CCc1cccc([C@H]2C3=CC[C@@H]4C(=O)N(C(N)=O)C(=O)[C@@H]4[C@@H]3C[C@H]3C(=O)N(Nc4ccc(Cl)cc4Cl)C(=O)[C@@]23c2ccc(OC)cc2)c1O. The number of nitrogens with zero attached hydrogens (tertiary/aromatic N) is 2. The molecule has 7 rings (SSSR count). The second-order valence-corrected chi connectivity index (χ2v) is 13.8. The van der Waals surface area contributed by atoms with Gasteiger partial charge in [0.05, 0.1) is 41.0 Å². The zero-order valence-corrected chi connectivity index (χ0v) is 28.3. The van der Waals surface area contributed by atoms with Crippen molar-refractivity contribution in [3.63, 3.8) is 0 Å². The molecule has 6 atom stereocenters. The van der Waals surface area contributed by atoms with Crippen molar-refractivity contribution in [1.82, 2.24) is 9.91 Å². The van der Waals surface area contributed by atoms with Crippen molar-refractivity contribution in [2.75, 3.05) is 12.5 Å². The predicted octanol–water partition coefficient (Wildman–Crippen LogP) is 5.50. The average Bonchev–Trinajstić information content (AvgIpc) is 3.48. The molecule has 4 aliphatic rings. The Morgan fingerprint density at radius 3 is 2.46 bits per heavy atom. The van der Waals surface area contributed by atoms with Crippen molar-refractivity contribution in [2.24, 2.45) is 29.4 Å². The summed E-state index contributed by atoms with van der Waals surface area (Å²) in [6.45, 7) is 3.81. The first-order chi connectivity index (χ1) is 23.9. The molecule has 6 amide bonds. The van der Waals surface area contributed by atoms with Crippen LogP contribution >= 0.6 is 23.2 Å². The molecule has 256 valence electrons. The third-order valence-electron chi connectivity index (χ3n) is 10.6. The molecule has 11 nitrogen and oxygen atoms in total. The van der Waals surface area contributed by atoms with E-state index >= 15 is 4.79 Å². The summed E-state index contributed by atoms with van der Waals surface area (Å²) in [5.74, 6) is -7.00. The Bertz CT molecular complexity index is 2030. The smallest absolute Gasteiger partial charge is 0.328 e. The van der Waals surface area contributed by atoms with Gasteiger partial charge < -0.3 is 15.6 Å². The van der Waals surface area contributed by atoms with E-state index in [0.717, 1.165) is 5.01 Å². The molecule has 4 N–H and O–H groups in total. The van der Waals surface area contributed by atoms with E-state index in [0.29, 0.717) is 44.4 Å². The van der Waals surface area contributed by atoms with E-state index in [1.54, 1.807) is 60.7 Å². The number of phenols is 1. The molecular formula is C37H32Cl2N4O7. The molecule has 2 aliphatic carbocycles. The summed E-state index contributed by atoms with van der Waals surface area (Å²) < 4.78 is 5.42. The van der Waals surface area contributed by atoms with E-state index in [9.17, 15) is 24.3 Å². The first-order valence-corrected chi connectivity index (χ1v) is 16.7. The Morgan fingerprint density at radius 2 is 1.80 bits per heavy atom. The Balaban J connectivity index is 1.49. The van der Waals surface area contributed by atoms with Crippen LogP contribution in [-0.4, -0.2) is 51.8 Å². The zero-order chi connectivity index (χ0) is 35.6. The molecular weight excluding hydrogens is 683 g/mol. The van der Waals surface area contributed by atoms with E-state index in [1.807, 2.05) is 6.08 Å². The van der Waals surface area contributed by atoms with Crippen molar-refractivity contribution in [1.29, 1.82) is 0 Å². The number of rotatable bonds is 7. The van der Waals surface area contributed by atoms with E-state index < -0.39 is 64.7 Å². The Hall–Kier alpha value is -5.13. The topological polar surface area (TPSA) is 159 Å². The van der Waals surface area contributed by atoms with Gasteiger partial charge in [-0.3, -0.25) is 24.6 Å². The summed E-state index contributed by atoms with van der Waals surface area (Å²) in [7, 11) is 1.51.